The summed E-state index contributed by atoms with van der Waals surface area (Å²) in [5.74, 6) is -1.18. The van der Waals surface area contributed by atoms with Crippen LogP contribution in [0.5, 0.6) is 5.75 Å². The third kappa shape index (κ3) is 4.06. The fraction of sp³-hybridized carbons (Fsp3) is 0.462. The van der Waals surface area contributed by atoms with Crippen molar-refractivity contribution in [3.05, 3.63) is 29.6 Å². The van der Waals surface area contributed by atoms with E-state index in [1.54, 1.807) is 0 Å². The van der Waals surface area contributed by atoms with E-state index >= 15 is 0 Å². The molecule has 94 valence electrons. The minimum Gasteiger partial charge on any atom is -0.492 e. The highest BCUT2D eigenvalue weighted by Gasteiger charge is 2.13. The number of hydrogen-bond acceptors (Lipinski definition) is 2. The Bertz CT molecular complexity index is 390. The Labute approximate surface area is 100 Å². The molecule has 0 radical (unpaired) electrons. The molecule has 0 bridgehead atoms. The molecule has 0 amide bonds. The van der Waals surface area contributed by atoms with Gasteiger partial charge in [-0.25, -0.2) is 9.18 Å². The second kappa shape index (κ2) is 6.23. The minimum atomic E-state index is -1.11. The molecule has 0 fully saturated rings. The van der Waals surface area contributed by atoms with Crippen LogP contribution in [0.15, 0.2) is 18.2 Å². The fourth-order valence-corrected chi connectivity index (χ4v) is 1.60. The van der Waals surface area contributed by atoms with Crippen molar-refractivity contribution in [3.8, 4) is 5.75 Å². The van der Waals surface area contributed by atoms with Crippen LogP contribution in [0.4, 0.5) is 4.39 Å². The average Bonchev–Trinajstić information content (AvgIpc) is 2.26. The van der Waals surface area contributed by atoms with Crippen molar-refractivity contribution in [2.45, 2.75) is 26.7 Å². The second-order valence-corrected chi connectivity index (χ2v) is 4.15. The lowest BCUT2D eigenvalue weighted by molar-refractivity contribution is 0.0691. The fourth-order valence-electron chi connectivity index (χ4n) is 1.60. The normalized spacial score (nSPS) is 12.2. The molecule has 1 aromatic carbocycles. The maximum Gasteiger partial charge on any atom is 0.339 e. The highest BCUT2D eigenvalue weighted by Crippen LogP contribution is 2.21. The average molecular weight is 240 g/mol. The van der Waals surface area contributed by atoms with Crippen molar-refractivity contribution >= 4 is 5.97 Å². The van der Waals surface area contributed by atoms with Crippen molar-refractivity contribution < 1.29 is 19.0 Å². The number of carboxylic acids is 1. The van der Waals surface area contributed by atoms with Crippen LogP contribution in [0.2, 0.25) is 0 Å². The number of carboxylic acid groups (broad SMARTS) is 1. The Morgan fingerprint density at radius 2 is 2.24 bits per heavy atom. The molecule has 1 unspecified atom stereocenters. The van der Waals surface area contributed by atoms with Crippen molar-refractivity contribution in [2.24, 2.45) is 5.92 Å². The predicted molar refractivity (Wildman–Crippen MR) is 62.9 cm³/mol. The van der Waals surface area contributed by atoms with Gasteiger partial charge in [0, 0.05) is 6.07 Å². The Morgan fingerprint density at radius 1 is 1.53 bits per heavy atom. The number of aromatic carboxylic acids is 1. The van der Waals surface area contributed by atoms with E-state index in [2.05, 4.69) is 6.92 Å². The zero-order valence-corrected chi connectivity index (χ0v) is 10.1. The molecule has 1 atom stereocenters. The third-order valence-corrected chi connectivity index (χ3v) is 2.48. The zero-order chi connectivity index (χ0) is 12.8. The number of rotatable bonds is 6. The van der Waals surface area contributed by atoms with E-state index in [1.807, 2.05) is 6.92 Å². The first-order chi connectivity index (χ1) is 8.04. The van der Waals surface area contributed by atoms with Crippen molar-refractivity contribution in [3.63, 3.8) is 0 Å². The van der Waals surface area contributed by atoms with Crippen molar-refractivity contribution in [2.75, 3.05) is 6.61 Å². The molecule has 0 aromatic heterocycles. The molecule has 0 saturated heterocycles. The molecule has 0 aliphatic rings. The summed E-state index contributed by atoms with van der Waals surface area (Å²) < 4.78 is 18.4. The first-order valence-electron chi connectivity index (χ1n) is 5.70. The lowest BCUT2D eigenvalue weighted by atomic mass is 10.1. The molecule has 0 aliphatic heterocycles. The molecular weight excluding hydrogens is 223 g/mol. The van der Waals surface area contributed by atoms with Gasteiger partial charge in [0.15, 0.2) is 0 Å². The van der Waals surface area contributed by atoms with E-state index in [9.17, 15) is 9.18 Å². The van der Waals surface area contributed by atoms with Crippen molar-refractivity contribution in [1.29, 1.82) is 0 Å². The molecular formula is C13H17FO3. The van der Waals surface area contributed by atoms with E-state index in [0.29, 0.717) is 12.5 Å². The number of halogens is 1. The lowest BCUT2D eigenvalue weighted by Crippen LogP contribution is -2.11. The SMILES string of the molecule is CCCC(C)COc1cc(F)ccc1C(=O)O. The number of hydrogen-bond donors (Lipinski definition) is 1. The van der Waals surface area contributed by atoms with Gasteiger partial charge >= 0.3 is 5.97 Å². The summed E-state index contributed by atoms with van der Waals surface area (Å²) in [6.07, 6.45) is 2.04. The second-order valence-electron chi connectivity index (χ2n) is 4.15. The van der Waals surface area contributed by atoms with Crippen LogP contribution in [-0.4, -0.2) is 17.7 Å². The van der Waals surface area contributed by atoms with Gasteiger partial charge < -0.3 is 9.84 Å². The monoisotopic (exact) mass is 240 g/mol. The van der Waals surface area contributed by atoms with Crippen LogP contribution < -0.4 is 4.74 Å². The summed E-state index contributed by atoms with van der Waals surface area (Å²) in [5.41, 5.74) is -0.00454. The predicted octanol–water partition coefficient (Wildman–Crippen LogP) is 3.34. The van der Waals surface area contributed by atoms with Crippen LogP contribution in [0, 0.1) is 11.7 Å². The summed E-state index contributed by atoms with van der Waals surface area (Å²) in [5, 5.41) is 8.92. The maximum absolute atomic E-state index is 13.0. The summed E-state index contributed by atoms with van der Waals surface area (Å²) in [6.45, 7) is 4.49. The smallest absolute Gasteiger partial charge is 0.339 e. The number of ether oxygens (including phenoxy) is 1. The Morgan fingerprint density at radius 3 is 2.82 bits per heavy atom. The summed E-state index contributed by atoms with van der Waals surface area (Å²) in [4.78, 5) is 10.9. The first kappa shape index (κ1) is 13.5. The molecule has 0 spiro atoms. The summed E-state index contributed by atoms with van der Waals surface area (Å²) in [7, 11) is 0. The molecule has 0 heterocycles. The van der Waals surface area contributed by atoms with E-state index in [1.165, 1.54) is 6.07 Å². The zero-order valence-electron chi connectivity index (χ0n) is 10.1. The molecule has 1 aromatic rings. The summed E-state index contributed by atoms with van der Waals surface area (Å²) in [6, 6.07) is 3.45. The van der Waals surface area contributed by atoms with Gasteiger partial charge in [0.05, 0.1) is 6.61 Å². The minimum absolute atomic E-state index is 0.00454. The van der Waals surface area contributed by atoms with Crippen LogP contribution in [0.3, 0.4) is 0 Å². The number of benzene rings is 1. The molecule has 4 heteroatoms. The maximum atomic E-state index is 13.0. The van der Waals surface area contributed by atoms with Crippen LogP contribution in [0.1, 0.15) is 37.0 Å². The molecule has 3 nitrogen and oxygen atoms in total. The first-order valence-corrected chi connectivity index (χ1v) is 5.70. The van der Waals surface area contributed by atoms with E-state index in [4.69, 9.17) is 9.84 Å². The quantitative estimate of drug-likeness (QED) is 0.829. The van der Waals surface area contributed by atoms with Gasteiger partial charge in [-0.05, 0) is 24.5 Å². The molecule has 0 aliphatic carbocycles. The van der Waals surface area contributed by atoms with Crippen molar-refractivity contribution in [1.82, 2.24) is 0 Å². The topological polar surface area (TPSA) is 46.5 Å². The lowest BCUT2D eigenvalue weighted by Gasteiger charge is -2.13. The van der Waals surface area contributed by atoms with Gasteiger partial charge in [-0.2, -0.15) is 0 Å². The molecule has 17 heavy (non-hydrogen) atoms. The van der Waals surface area contributed by atoms with Gasteiger partial charge in [0.1, 0.15) is 17.1 Å². The largest absolute Gasteiger partial charge is 0.492 e. The Kier molecular flexibility index (Phi) is 4.94. The Balaban J connectivity index is 2.75. The van der Waals surface area contributed by atoms with Crippen LogP contribution in [0.25, 0.3) is 0 Å². The van der Waals surface area contributed by atoms with Gasteiger partial charge in [-0.15, -0.1) is 0 Å². The Hall–Kier alpha value is -1.58. The highest BCUT2D eigenvalue weighted by atomic mass is 19.1. The van der Waals surface area contributed by atoms with Gasteiger partial charge in [-0.1, -0.05) is 20.3 Å². The van der Waals surface area contributed by atoms with E-state index < -0.39 is 11.8 Å². The summed E-state index contributed by atoms with van der Waals surface area (Å²) >= 11 is 0. The standard InChI is InChI=1S/C13H17FO3/c1-3-4-9(2)8-17-12-7-10(14)5-6-11(12)13(15)16/h5-7,9H,3-4,8H2,1-2H3,(H,15,16). The van der Waals surface area contributed by atoms with E-state index in [0.717, 1.165) is 25.0 Å². The van der Waals surface area contributed by atoms with Crippen LogP contribution in [-0.2, 0) is 0 Å². The van der Waals surface area contributed by atoms with Gasteiger partial charge in [0.2, 0.25) is 0 Å². The van der Waals surface area contributed by atoms with Crippen LogP contribution >= 0.6 is 0 Å². The van der Waals surface area contributed by atoms with Gasteiger partial charge in [0.25, 0.3) is 0 Å². The molecule has 1 rings (SSSR count). The third-order valence-electron chi connectivity index (χ3n) is 2.48. The molecule has 1 N–H and O–H groups in total. The number of carbonyl (C=O) groups is 1. The van der Waals surface area contributed by atoms with E-state index in [-0.39, 0.29) is 11.3 Å². The highest BCUT2D eigenvalue weighted by molar-refractivity contribution is 5.90. The molecule has 0 saturated carbocycles. The van der Waals surface area contributed by atoms with Gasteiger partial charge in [-0.3, -0.25) is 0 Å².